The smallest absolute Gasteiger partial charge is 0.238 e. The normalized spacial score (nSPS) is 10.7. The first-order valence-corrected chi connectivity index (χ1v) is 6.75. The zero-order valence-corrected chi connectivity index (χ0v) is 12.1. The summed E-state index contributed by atoms with van der Waals surface area (Å²) in [5, 5.41) is 19.1. The van der Waals surface area contributed by atoms with Gasteiger partial charge in [-0.1, -0.05) is 15.9 Å². The molecule has 0 spiro atoms. The molecule has 21 heavy (non-hydrogen) atoms. The van der Waals surface area contributed by atoms with Gasteiger partial charge in [0.05, 0.1) is 0 Å². The van der Waals surface area contributed by atoms with Gasteiger partial charge in [-0.2, -0.15) is 0 Å². The predicted molar refractivity (Wildman–Crippen MR) is 80.0 cm³/mol. The van der Waals surface area contributed by atoms with E-state index in [0.29, 0.717) is 5.75 Å². The van der Waals surface area contributed by atoms with Crippen molar-refractivity contribution in [3.05, 3.63) is 57.4 Å². The summed E-state index contributed by atoms with van der Waals surface area (Å²) in [4.78, 5) is 12.3. The Morgan fingerprint density at radius 3 is 2.52 bits per heavy atom. The maximum atomic E-state index is 12.3. The van der Waals surface area contributed by atoms with Gasteiger partial charge >= 0.3 is 0 Å². The van der Waals surface area contributed by atoms with Crippen LogP contribution in [0.2, 0.25) is 0 Å². The molecule has 0 amide bonds. The molecule has 106 valence electrons. The van der Waals surface area contributed by atoms with Gasteiger partial charge in [0.1, 0.15) is 34.5 Å². The maximum absolute atomic E-state index is 12.3. The van der Waals surface area contributed by atoms with Crippen molar-refractivity contribution in [1.29, 1.82) is 0 Å². The Morgan fingerprint density at radius 2 is 1.81 bits per heavy atom. The number of benzene rings is 2. The standard InChI is InChI=1S/C15H9BrO5/c16-8-1-3-10(4-2-8)21-13-7-20-12-6-9(17)5-11(18)14(12)15(13)19/h1-7,17-18H. The molecule has 0 unspecified atom stereocenters. The molecule has 2 N–H and O–H groups in total. The lowest BCUT2D eigenvalue weighted by Gasteiger charge is -2.06. The topological polar surface area (TPSA) is 79.9 Å². The quantitative estimate of drug-likeness (QED) is 0.736. The fourth-order valence-electron chi connectivity index (χ4n) is 1.90. The van der Waals surface area contributed by atoms with Crippen LogP contribution in [0.3, 0.4) is 0 Å². The number of halogens is 1. The molecule has 3 aromatic rings. The average Bonchev–Trinajstić information content (AvgIpc) is 2.43. The van der Waals surface area contributed by atoms with E-state index < -0.39 is 5.43 Å². The number of hydrogen-bond acceptors (Lipinski definition) is 5. The first-order valence-electron chi connectivity index (χ1n) is 5.95. The molecule has 1 heterocycles. The molecule has 1 aromatic heterocycles. The second kappa shape index (κ2) is 5.14. The van der Waals surface area contributed by atoms with Crippen molar-refractivity contribution in [2.24, 2.45) is 0 Å². The second-order valence-corrected chi connectivity index (χ2v) is 5.24. The summed E-state index contributed by atoms with van der Waals surface area (Å²) < 4.78 is 11.6. The Morgan fingerprint density at radius 1 is 1.10 bits per heavy atom. The molecule has 3 rings (SSSR count). The Bertz CT molecular complexity index is 868. The van der Waals surface area contributed by atoms with Gasteiger partial charge in [-0.3, -0.25) is 4.79 Å². The van der Waals surface area contributed by atoms with E-state index in [2.05, 4.69) is 15.9 Å². The van der Waals surface area contributed by atoms with Crippen molar-refractivity contribution in [2.75, 3.05) is 0 Å². The summed E-state index contributed by atoms with van der Waals surface area (Å²) >= 11 is 3.30. The van der Waals surface area contributed by atoms with Gasteiger partial charge in [0, 0.05) is 16.6 Å². The first kappa shape index (κ1) is 13.5. The zero-order valence-electron chi connectivity index (χ0n) is 10.5. The van der Waals surface area contributed by atoms with Crippen LogP contribution in [0.4, 0.5) is 0 Å². The van der Waals surface area contributed by atoms with Crippen molar-refractivity contribution >= 4 is 26.9 Å². The van der Waals surface area contributed by atoms with Gasteiger partial charge in [-0.05, 0) is 24.3 Å². The van der Waals surface area contributed by atoms with Crippen LogP contribution in [-0.4, -0.2) is 10.2 Å². The highest BCUT2D eigenvalue weighted by Crippen LogP contribution is 2.30. The summed E-state index contributed by atoms with van der Waals surface area (Å²) in [6.07, 6.45) is 1.14. The molecule has 0 bridgehead atoms. The predicted octanol–water partition coefficient (Wildman–Crippen LogP) is 3.76. The molecule has 6 heteroatoms. The molecule has 0 saturated heterocycles. The van der Waals surface area contributed by atoms with Crippen LogP contribution in [0, 0.1) is 0 Å². The van der Waals surface area contributed by atoms with E-state index in [1.807, 2.05) is 0 Å². The fraction of sp³-hybridized carbons (Fsp3) is 0. The van der Waals surface area contributed by atoms with Gasteiger partial charge in [0.15, 0.2) is 0 Å². The van der Waals surface area contributed by atoms with Crippen LogP contribution >= 0.6 is 15.9 Å². The number of hydrogen-bond donors (Lipinski definition) is 2. The van der Waals surface area contributed by atoms with E-state index in [0.717, 1.165) is 16.8 Å². The van der Waals surface area contributed by atoms with E-state index in [4.69, 9.17) is 9.15 Å². The third-order valence-corrected chi connectivity index (χ3v) is 3.38. The molecule has 5 nitrogen and oxygen atoms in total. The zero-order chi connectivity index (χ0) is 15.0. The van der Waals surface area contributed by atoms with E-state index in [9.17, 15) is 15.0 Å². The van der Waals surface area contributed by atoms with E-state index in [-0.39, 0.29) is 28.2 Å². The third kappa shape index (κ3) is 2.57. The Balaban J connectivity index is 2.10. The number of aromatic hydroxyl groups is 2. The lowest BCUT2D eigenvalue weighted by Crippen LogP contribution is -2.05. The van der Waals surface area contributed by atoms with Crippen LogP contribution in [0.15, 0.2) is 56.3 Å². The number of rotatable bonds is 2. The van der Waals surface area contributed by atoms with Gasteiger partial charge in [-0.15, -0.1) is 0 Å². The highest BCUT2D eigenvalue weighted by molar-refractivity contribution is 9.10. The minimum atomic E-state index is -0.517. The molecule has 0 aliphatic carbocycles. The van der Waals surface area contributed by atoms with E-state index >= 15 is 0 Å². The fourth-order valence-corrected chi connectivity index (χ4v) is 2.17. The Hall–Kier alpha value is -2.47. The van der Waals surface area contributed by atoms with Crippen molar-refractivity contribution in [3.63, 3.8) is 0 Å². The highest BCUT2D eigenvalue weighted by atomic mass is 79.9. The minimum absolute atomic E-state index is 0.0394. The molecule has 0 radical (unpaired) electrons. The summed E-state index contributed by atoms with van der Waals surface area (Å²) in [6, 6.07) is 9.23. The SMILES string of the molecule is O=c1c(Oc2ccc(Br)cc2)coc2cc(O)cc(O)c12. The van der Waals surface area contributed by atoms with Crippen LogP contribution in [0.1, 0.15) is 0 Å². The molecule has 0 atom stereocenters. The van der Waals surface area contributed by atoms with E-state index in [1.54, 1.807) is 24.3 Å². The van der Waals surface area contributed by atoms with Gasteiger partial charge in [0.2, 0.25) is 11.2 Å². The van der Waals surface area contributed by atoms with Crippen molar-refractivity contribution in [3.8, 4) is 23.0 Å². The summed E-state index contributed by atoms with van der Waals surface area (Å²) in [6.45, 7) is 0. The Labute approximate surface area is 127 Å². The molecular formula is C15H9BrO5. The molecule has 0 fully saturated rings. The van der Waals surface area contributed by atoms with E-state index in [1.165, 1.54) is 6.07 Å². The lowest BCUT2D eigenvalue weighted by molar-refractivity contribution is 0.439. The van der Waals surface area contributed by atoms with Crippen LogP contribution in [0.5, 0.6) is 23.0 Å². The molecule has 0 aliphatic heterocycles. The summed E-state index contributed by atoms with van der Waals surface area (Å²) in [5.41, 5.74) is -0.433. The largest absolute Gasteiger partial charge is 0.508 e. The number of phenols is 2. The number of fused-ring (bicyclic) bond motifs is 1. The third-order valence-electron chi connectivity index (χ3n) is 2.85. The van der Waals surface area contributed by atoms with Gasteiger partial charge in [-0.25, -0.2) is 0 Å². The molecule has 2 aromatic carbocycles. The highest BCUT2D eigenvalue weighted by Gasteiger charge is 2.14. The molecular weight excluding hydrogens is 340 g/mol. The second-order valence-electron chi connectivity index (χ2n) is 4.32. The van der Waals surface area contributed by atoms with Crippen LogP contribution in [0.25, 0.3) is 11.0 Å². The van der Waals surface area contributed by atoms with Gasteiger partial charge < -0.3 is 19.4 Å². The Kier molecular flexibility index (Phi) is 3.31. The van der Waals surface area contributed by atoms with Crippen LogP contribution in [-0.2, 0) is 0 Å². The first-order chi connectivity index (χ1) is 10.0. The monoisotopic (exact) mass is 348 g/mol. The maximum Gasteiger partial charge on any atom is 0.238 e. The van der Waals surface area contributed by atoms with Crippen molar-refractivity contribution in [1.82, 2.24) is 0 Å². The molecule has 0 saturated carbocycles. The van der Waals surface area contributed by atoms with Crippen molar-refractivity contribution < 1.29 is 19.4 Å². The summed E-state index contributed by atoms with van der Waals surface area (Å²) in [7, 11) is 0. The van der Waals surface area contributed by atoms with Crippen LogP contribution < -0.4 is 10.2 Å². The number of ether oxygens (including phenoxy) is 1. The average molecular weight is 349 g/mol. The van der Waals surface area contributed by atoms with Crippen molar-refractivity contribution in [2.45, 2.75) is 0 Å². The number of phenolic OH excluding ortho intramolecular Hbond substituents is 2. The van der Waals surface area contributed by atoms with Gasteiger partial charge in [0.25, 0.3) is 0 Å². The molecule has 0 aliphatic rings. The lowest BCUT2D eigenvalue weighted by atomic mass is 10.2. The minimum Gasteiger partial charge on any atom is -0.508 e. The summed E-state index contributed by atoms with van der Waals surface area (Å²) in [5.74, 6) is -0.140.